The number of likely N-dealkylation sites (tertiary alicyclic amines) is 1. The summed E-state index contributed by atoms with van der Waals surface area (Å²) in [5.74, 6) is 5.79. The topological polar surface area (TPSA) is 65.3 Å². The van der Waals surface area contributed by atoms with Crippen molar-refractivity contribution >= 4 is 22.3 Å². The van der Waals surface area contributed by atoms with Gasteiger partial charge in [-0.25, -0.2) is 0 Å². The molecule has 34 heavy (non-hydrogen) atoms. The third-order valence-electron chi connectivity index (χ3n) is 6.00. The van der Waals surface area contributed by atoms with E-state index < -0.39 is 12.7 Å². The molecule has 0 amide bonds. The fourth-order valence-corrected chi connectivity index (χ4v) is 4.28. The normalized spacial score (nSPS) is 15.2. The molecule has 0 atom stereocenters. The molecule has 0 saturated carbocycles. The van der Waals surface area contributed by atoms with E-state index in [9.17, 15) is 18.3 Å². The summed E-state index contributed by atoms with van der Waals surface area (Å²) in [7, 11) is 0. The monoisotopic (exact) mass is 471 g/mol. The predicted octanol–water partition coefficient (Wildman–Crippen LogP) is 4.66. The second-order valence-corrected chi connectivity index (χ2v) is 8.41. The number of hydrogen-bond acceptors (Lipinski definition) is 5. The maximum absolute atomic E-state index is 13.4. The minimum atomic E-state index is -4.37. The summed E-state index contributed by atoms with van der Waals surface area (Å²) in [4.78, 5) is 6.27. The third kappa shape index (κ3) is 5.94. The van der Waals surface area contributed by atoms with Gasteiger partial charge in [0.1, 0.15) is 12.3 Å². The number of aromatic nitrogens is 2. The average Bonchev–Trinajstić information content (AvgIpc) is 3.14. The number of hydrogen-bond donors (Lipinski definition) is 3. The van der Waals surface area contributed by atoms with Crippen LogP contribution in [-0.2, 0) is 6.54 Å². The fraction of sp³-hybridized carbons (Fsp3) is 0.400. The first kappa shape index (κ1) is 23.8. The number of anilines is 2. The summed E-state index contributed by atoms with van der Waals surface area (Å²) in [6.07, 6.45) is 0.464. The Morgan fingerprint density at radius 2 is 1.97 bits per heavy atom. The minimum Gasteiger partial charge on any atom is -0.506 e. The SMILES string of the molecule is CCN1CCC(Nc2cccc3c2cc(C#CCNc2cncc(O)c2)n3CC(F)(F)F)CC1. The molecule has 0 aliphatic carbocycles. The molecule has 2 aromatic heterocycles. The van der Waals surface area contributed by atoms with E-state index in [-0.39, 0.29) is 18.3 Å². The average molecular weight is 472 g/mol. The second kappa shape index (κ2) is 10.3. The Morgan fingerprint density at radius 3 is 2.68 bits per heavy atom. The van der Waals surface area contributed by atoms with Crippen molar-refractivity contribution in [2.75, 3.05) is 36.8 Å². The molecule has 0 radical (unpaired) electrons. The molecule has 3 N–H and O–H groups in total. The summed E-state index contributed by atoms with van der Waals surface area (Å²) in [5, 5.41) is 16.8. The van der Waals surface area contributed by atoms with Crippen molar-refractivity contribution in [3.63, 3.8) is 0 Å². The van der Waals surface area contributed by atoms with Gasteiger partial charge in [-0.05, 0) is 43.5 Å². The Bertz CT molecular complexity index is 1190. The lowest BCUT2D eigenvalue weighted by Crippen LogP contribution is -2.38. The quantitative estimate of drug-likeness (QED) is 0.457. The van der Waals surface area contributed by atoms with Gasteiger partial charge in [-0.1, -0.05) is 18.9 Å². The molecular formula is C25H28F3N5O. The molecule has 1 fully saturated rings. The van der Waals surface area contributed by atoms with Crippen LogP contribution in [0.15, 0.2) is 42.7 Å². The van der Waals surface area contributed by atoms with Gasteiger partial charge in [-0.3, -0.25) is 4.98 Å². The number of benzene rings is 1. The Hall–Kier alpha value is -3.38. The first-order valence-electron chi connectivity index (χ1n) is 11.4. The van der Waals surface area contributed by atoms with Crippen LogP contribution in [0.3, 0.4) is 0 Å². The lowest BCUT2D eigenvalue weighted by molar-refractivity contribution is -0.140. The van der Waals surface area contributed by atoms with Crippen LogP contribution in [0.25, 0.3) is 10.9 Å². The standard InChI is InChI=1S/C25H28F3N5O/c1-2-32-11-8-18(9-12-32)31-23-6-3-7-24-22(23)14-20(33(24)17-25(26,27)28)5-4-10-30-19-13-21(34)16-29-15-19/h3,6-7,13-16,18,30-31,34H,2,8-12,17H2,1H3. The number of nitrogens with zero attached hydrogens (tertiary/aromatic N) is 3. The zero-order chi connectivity index (χ0) is 24.1. The molecule has 0 spiro atoms. The number of fused-ring (bicyclic) bond motifs is 1. The van der Waals surface area contributed by atoms with Crippen LogP contribution < -0.4 is 10.6 Å². The molecule has 3 aromatic rings. The number of pyridine rings is 1. The van der Waals surface area contributed by atoms with Gasteiger partial charge in [0.25, 0.3) is 0 Å². The summed E-state index contributed by atoms with van der Waals surface area (Å²) in [6, 6.07) is 8.92. The van der Waals surface area contributed by atoms with E-state index in [4.69, 9.17) is 0 Å². The van der Waals surface area contributed by atoms with Crippen LogP contribution in [0.2, 0.25) is 0 Å². The van der Waals surface area contributed by atoms with E-state index in [1.165, 1.54) is 23.0 Å². The van der Waals surface area contributed by atoms with Gasteiger partial charge in [0.15, 0.2) is 0 Å². The molecule has 1 saturated heterocycles. The first-order chi connectivity index (χ1) is 16.3. The van der Waals surface area contributed by atoms with Crippen molar-refractivity contribution in [2.24, 2.45) is 0 Å². The molecule has 4 rings (SSSR count). The lowest BCUT2D eigenvalue weighted by atomic mass is 10.0. The van der Waals surface area contributed by atoms with Gasteiger partial charge >= 0.3 is 6.18 Å². The first-order valence-corrected chi connectivity index (χ1v) is 11.4. The van der Waals surface area contributed by atoms with Gasteiger partial charge < -0.3 is 25.2 Å². The molecule has 6 nitrogen and oxygen atoms in total. The van der Waals surface area contributed by atoms with Crippen molar-refractivity contribution in [1.82, 2.24) is 14.5 Å². The van der Waals surface area contributed by atoms with E-state index in [1.807, 2.05) is 6.07 Å². The van der Waals surface area contributed by atoms with E-state index in [0.29, 0.717) is 16.9 Å². The summed E-state index contributed by atoms with van der Waals surface area (Å²) >= 11 is 0. The van der Waals surface area contributed by atoms with Gasteiger partial charge in [0, 0.05) is 36.3 Å². The highest BCUT2D eigenvalue weighted by Crippen LogP contribution is 2.31. The Morgan fingerprint density at radius 1 is 1.18 bits per heavy atom. The molecule has 180 valence electrons. The third-order valence-corrected chi connectivity index (χ3v) is 6.00. The van der Waals surface area contributed by atoms with Crippen LogP contribution >= 0.6 is 0 Å². The molecule has 0 bridgehead atoms. The zero-order valence-electron chi connectivity index (χ0n) is 19.0. The van der Waals surface area contributed by atoms with Gasteiger partial charge in [0.2, 0.25) is 0 Å². The second-order valence-electron chi connectivity index (χ2n) is 8.41. The van der Waals surface area contributed by atoms with Crippen molar-refractivity contribution in [3.05, 3.63) is 48.4 Å². The van der Waals surface area contributed by atoms with Crippen molar-refractivity contribution in [3.8, 4) is 17.6 Å². The van der Waals surface area contributed by atoms with E-state index in [2.05, 4.69) is 39.3 Å². The number of rotatable bonds is 6. The van der Waals surface area contributed by atoms with Crippen LogP contribution in [0.1, 0.15) is 25.5 Å². The number of alkyl halides is 3. The van der Waals surface area contributed by atoms with Crippen molar-refractivity contribution in [2.45, 2.75) is 38.5 Å². The van der Waals surface area contributed by atoms with E-state index in [0.717, 1.165) is 43.5 Å². The molecule has 1 aromatic carbocycles. The van der Waals surface area contributed by atoms with E-state index >= 15 is 0 Å². The number of nitrogens with one attached hydrogen (secondary N) is 2. The van der Waals surface area contributed by atoms with Gasteiger partial charge in [-0.2, -0.15) is 13.2 Å². The number of piperidine rings is 1. The molecular weight excluding hydrogens is 443 g/mol. The van der Waals surface area contributed by atoms with Crippen LogP contribution in [0.5, 0.6) is 5.75 Å². The maximum atomic E-state index is 13.4. The maximum Gasteiger partial charge on any atom is 0.406 e. The predicted molar refractivity (Wildman–Crippen MR) is 128 cm³/mol. The summed E-state index contributed by atoms with van der Waals surface area (Å²) < 4.78 is 41.4. The Labute approximate surface area is 196 Å². The van der Waals surface area contributed by atoms with Gasteiger partial charge in [-0.15, -0.1) is 0 Å². The summed E-state index contributed by atoms with van der Waals surface area (Å²) in [6.45, 7) is 4.29. The highest BCUT2D eigenvalue weighted by atomic mass is 19.4. The fourth-order valence-electron chi connectivity index (χ4n) is 4.28. The van der Waals surface area contributed by atoms with Crippen molar-refractivity contribution < 1.29 is 18.3 Å². The highest BCUT2D eigenvalue weighted by molar-refractivity contribution is 5.94. The molecule has 3 heterocycles. The van der Waals surface area contributed by atoms with Crippen LogP contribution in [0.4, 0.5) is 24.5 Å². The lowest BCUT2D eigenvalue weighted by Gasteiger charge is -2.32. The largest absolute Gasteiger partial charge is 0.506 e. The molecule has 0 unspecified atom stereocenters. The number of halogens is 3. The smallest absolute Gasteiger partial charge is 0.406 e. The Kier molecular flexibility index (Phi) is 7.17. The Balaban J connectivity index is 1.58. The highest BCUT2D eigenvalue weighted by Gasteiger charge is 2.30. The van der Waals surface area contributed by atoms with Gasteiger partial charge in [0.05, 0.1) is 35.8 Å². The van der Waals surface area contributed by atoms with E-state index in [1.54, 1.807) is 18.2 Å². The molecule has 1 aliphatic rings. The molecule has 9 heteroatoms. The van der Waals surface area contributed by atoms with Crippen molar-refractivity contribution in [1.29, 1.82) is 0 Å². The summed E-state index contributed by atoms with van der Waals surface area (Å²) in [5.41, 5.74) is 2.21. The minimum absolute atomic E-state index is 0.0173. The number of aromatic hydroxyl groups is 1. The zero-order valence-corrected chi connectivity index (χ0v) is 19.0. The van der Waals surface area contributed by atoms with Crippen LogP contribution in [-0.4, -0.2) is 58.0 Å². The van der Waals surface area contributed by atoms with Crippen LogP contribution in [0, 0.1) is 11.8 Å². The molecule has 1 aliphatic heterocycles.